The fourth-order valence-corrected chi connectivity index (χ4v) is 2.11. The number of rotatable bonds is 5. The third-order valence-electron chi connectivity index (χ3n) is 3.26. The topological polar surface area (TPSA) is 49.3 Å². The van der Waals surface area contributed by atoms with Crippen molar-refractivity contribution in [3.8, 4) is 0 Å². The molecular formula is C17H21ClN4. The molecule has 0 aliphatic heterocycles. The fraction of sp³-hybridized carbons (Fsp3) is 0.294. The van der Waals surface area contributed by atoms with Crippen molar-refractivity contribution in [2.45, 2.75) is 26.9 Å². The average Bonchev–Trinajstić information content (AvgIpc) is 2.53. The van der Waals surface area contributed by atoms with E-state index in [1.807, 2.05) is 18.2 Å². The molecule has 0 spiro atoms. The average molecular weight is 317 g/mol. The van der Waals surface area contributed by atoms with Gasteiger partial charge in [-0.2, -0.15) is 0 Å². The van der Waals surface area contributed by atoms with Crippen LogP contribution in [-0.2, 0) is 13.1 Å². The van der Waals surface area contributed by atoms with Gasteiger partial charge in [0.1, 0.15) is 5.15 Å². The van der Waals surface area contributed by atoms with E-state index in [2.05, 4.69) is 46.6 Å². The molecule has 1 aromatic carbocycles. The van der Waals surface area contributed by atoms with Crippen molar-refractivity contribution in [1.82, 2.24) is 15.6 Å². The summed E-state index contributed by atoms with van der Waals surface area (Å²) in [6.07, 6.45) is 1.75. The molecule has 0 saturated heterocycles. The molecule has 0 aliphatic rings. The summed E-state index contributed by atoms with van der Waals surface area (Å²) < 4.78 is 0. The van der Waals surface area contributed by atoms with Crippen molar-refractivity contribution in [2.24, 2.45) is 4.99 Å². The molecule has 1 heterocycles. The van der Waals surface area contributed by atoms with Gasteiger partial charge in [0.2, 0.25) is 0 Å². The Hall–Kier alpha value is -2.07. The lowest BCUT2D eigenvalue weighted by Crippen LogP contribution is -2.36. The number of benzene rings is 1. The quantitative estimate of drug-likeness (QED) is 0.505. The zero-order valence-electron chi connectivity index (χ0n) is 12.9. The highest BCUT2D eigenvalue weighted by Crippen LogP contribution is 2.07. The summed E-state index contributed by atoms with van der Waals surface area (Å²) in [6, 6.07) is 12.0. The maximum Gasteiger partial charge on any atom is 0.191 e. The van der Waals surface area contributed by atoms with Crippen LogP contribution < -0.4 is 10.6 Å². The fourth-order valence-electron chi connectivity index (χ4n) is 2.00. The minimum atomic E-state index is 0.498. The van der Waals surface area contributed by atoms with E-state index < -0.39 is 0 Å². The van der Waals surface area contributed by atoms with E-state index in [-0.39, 0.29) is 0 Å². The highest BCUT2D eigenvalue weighted by molar-refractivity contribution is 6.29. The monoisotopic (exact) mass is 316 g/mol. The van der Waals surface area contributed by atoms with E-state index in [9.17, 15) is 0 Å². The Balaban J connectivity index is 1.98. The van der Waals surface area contributed by atoms with Gasteiger partial charge in [-0.25, -0.2) is 9.98 Å². The molecule has 0 atom stereocenters. The van der Waals surface area contributed by atoms with Crippen LogP contribution in [0.25, 0.3) is 0 Å². The van der Waals surface area contributed by atoms with Gasteiger partial charge in [-0.15, -0.1) is 0 Å². The molecule has 0 amide bonds. The van der Waals surface area contributed by atoms with Crippen LogP contribution >= 0.6 is 11.6 Å². The first-order chi connectivity index (χ1) is 10.7. The minimum Gasteiger partial charge on any atom is -0.357 e. The van der Waals surface area contributed by atoms with Crippen LogP contribution in [0, 0.1) is 6.92 Å². The standard InChI is InChI=1S/C17H21ClN4/c1-3-19-17(21-11-14-8-9-16(18)20-10-14)22-12-15-7-5-4-6-13(15)2/h4-10H,3,11-12H2,1-2H3,(H2,19,21,22). The van der Waals surface area contributed by atoms with Crippen LogP contribution in [0.2, 0.25) is 5.15 Å². The predicted octanol–water partition coefficient (Wildman–Crippen LogP) is 3.30. The van der Waals surface area contributed by atoms with E-state index in [1.54, 1.807) is 12.3 Å². The number of aryl methyl sites for hydroxylation is 1. The number of hydrogen-bond acceptors (Lipinski definition) is 2. The Morgan fingerprint density at radius 3 is 2.68 bits per heavy atom. The lowest BCUT2D eigenvalue weighted by atomic mass is 10.1. The largest absolute Gasteiger partial charge is 0.357 e. The SMILES string of the molecule is CCNC(=NCc1ccc(Cl)nc1)NCc1ccccc1C. The second-order valence-electron chi connectivity index (χ2n) is 4.96. The molecule has 116 valence electrons. The molecule has 0 unspecified atom stereocenters. The van der Waals surface area contributed by atoms with E-state index in [4.69, 9.17) is 11.6 Å². The summed E-state index contributed by atoms with van der Waals surface area (Å²) in [5, 5.41) is 7.10. The summed E-state index contributed by atoms with van der Waals surface area (Å²) in [5.41, 5.74) is 3.56. The van der Waals surface area contributed by atoms with Crippen molar-refractivity contribution in [3.05, 3.63) is 64.4 Å². The van der Waals surface area contributed by atoms with Crippen LogP contribution in [0.1, 0.15) is 23.6 Å². The molecule has 2 rings (SSSR count). The highest BCUT2D eigenvalue weighted by Gasteiger charge is 2.01. The Bertz CT molecular complexity index is 623. The van der Waals surface area contributed by atoms with Crippen molar-refractivity contribution in [1.29, 1.82) is 0 Å². The zero-order valence-corrected chi connectivity index (χ0v) is 13.7. The second kappa shape index (κ2) is 8.39. The molecule has 1 aromatic heterocycles. The number of aliphatic imine (C=N–C) groups is 1. The van der Waals surface area contributed by atoms with E-state index in [0.29, 0.717) is 11.7 Å². The Kier molecular flexibility index (Phi) is 6.22. The molecule has 4 nitrogen and oxygen atoms in total. The number of pyridine rings is 1. The first-order valence-electron chi connectivity index (χ1n) is 7.36. The lowest BCUT2D eigenvalue weighted by Gasteiger charge is -2.12. The molecular weight excluding hydrogens is 296 g/mol. The van der Waals surface area contributed by atoms with Gasteiger partial charge in [0, 0.05) is 19.3 Å². The number of hydrogen-bond donors (Lipinski definition) is 2. The molecule has 0 bridgehead atoms. The normalized spacial score (nSPS) is 11.3. The van der Waals surface area contributed by atoms with Gasteiger partial charge in [0.05, 0.1) is 6.54 Å². The molecule has 0 saturated carbocycles. The molecule has 2 aromatic rings. The summed E-state index contributed by atoms with van der Waals surface area (Å²) in [4.78, 5) is 8.63. The first-order valence-corrected chi connectivity index (χ1v) is 7.74. The third-order valence-corrected chi connectivity index (χ3v) is 3.48. The van der Waals surface area contributed by atoms with Gasteiger partial charge < -0.3 is 10.6 Å². The Labute approximate surface area is 136 Å². The zero-order chi connectivity index (χ0) is 15.8. The second-order valence-corrected chi connectivity index (χ2v) is 5.35. The van der Waals surface area contributed by atoms with Gasteiger partial charge in [0.25, 0.3) is 0 Å². The molecule has 0 fully saturated rings. The number of nitrogens with zero attached hydrogens (tertiary/aromatic N) is 2. The first kappa shape index (κ1) is 16.3. The van der Waals surface area contributed by atoms with Gasteiger partial charge in [-0.05, 0) is 36.6 Å². The van der Waals surface area contributed by atoms with Crippen LogP contribution in [0.5, 0.6) is 0 Å². The maximum absolute atomic E-state index is 5.78. The summed E-state index contributed by atoms with van der Waals surface area (Å²) >= 11 is 5.78. The minimum absolute atomic E-state index is 0.498. The number of aromatic nitrogens is 1. The molecule has 0 aliphatic carbocycles. The van der Waals surface area contributed by atoms with Crippen LogP contribution in [0.4, 0.5) is 0 Å². The smallest absolute Gasteiger partial charge is 0.191 e. The molecule has 5 heteroatoms. The number of halogens is 1. The van der Waals surface area contributed by atoms with Crippen LogP contribution in [0.15, 0.2) is 47.6 Å². The van der Waals surface area contributed by atoms with Crippen LogP contribution in [0.3, 0.4) is 0 Å². The molecule has 2 N–H and O–H groups in total. The van der Waals surface area contributed by atoms with Crippen LogP contribution in [-0.4, -0.2) is 17.5 Å². The van der Waals surface area contributed by atoms with Gasteiger partial charge in [0.15, 0.2) is 5.96 Å². The van der Waals surface area contributed by atoms with Crippen molar-refractivity contribution >= 4 is 17.6 Å². The van der Waals surface area contributed by atoms with Crippen molar-refractivity contribution < 1.29 is 0 Å². The number of guanidine groups is 1. The molecule has 22 heavy (non-hydrogen) atoms. The highest BCUT2D eigenvalue weighted by atomic mass is 35.5. The Morgan fingerprint density at radius 1 is 1.18 bits per heavy atom. The van der Waals surface area contributed by atoms with Crippen molar-refractivity contribution in [2.75, 3.05) is 6.54 Å². The van der Waals surface area contributed by atoms with E-state index in [1.165, 1.54) is 11.1 Å². The summed E-state index contributed by atoms with van der Waals surface area (Å²) in [7, 11) is 0. The maximum atomic E-state index is 5.78. The van der Waals surface area contributed by atoms with E-state index >= 15 is 0 Å². The third kappa shape index (κ3) is 5.04. The lowest BCUT2D eigenvalue weighted by molar-refractivity contribution is 0.812. The van der Waals surface area contributed by atoms with Gasteiger partial charge >= 0.3 is 0 Å². The number of nitrogens with one attached hydrogen (secondary N) is 2. The summed E-state index contributed by atoms with van der Waals surface area (Å²) in [6.45, 7) is 6.29. The van der Waals surface area contributed by atoms with Gasteiger partial charge in [-0.3, -0.25) is 0 Å². The predicted molar refractivity (Wildman–Crippen MR) is 92.1 cm³/mol. The van der Waals surface area contributed by atoms with E-state index in [0.717, 1.165) is 24.6 Å². The van der Waals surface area contributed by atoms with Crippen molar-refractivity contribution in [3.63, 3.8) is 0 Å². The van der Waals surface area contributed by atoms with Gasteiger partial charge in [-0.1, -0.05) is 41.9 Å². The summed E-state index contributed by atoms with van der Waals surface area (Å²) in [5.74, 6) is 0.792. The Morgan fingerprint density at radius 2 is 2.00 bits per heavy atom. The molecule has 0 radical (unpaired) electrons.